The van der Waals surface area contributed by atoms with Gasteiger partial charge in [0.15, 0.2) is 0 Å². The minimum Gasteiger partial charge on any atom is -0.456 e. The van der Waals surface area contributed by atoms with Crippen LogP contribution >= 0.6 is 0 Å². The van der Waals surface area contributed by atoms with E-state index in [0.717, 1.165) is 54.6 Å². The summed E-state index contributed by atoms with van der Waals surface area (Å²) in [7, 11) is 0. The minimum atomic E-state index is 0.892. The van der Waals surface area contributed by atoms with Crippen LogP contribution in [-0.2, 0) is 0 Å². The van der Waals surface area contributed by atoms with Gasteiger partial charge >= 0.3 is 0 Å². The summed E-state index contributed by atoms with van der Waals surface area (Å²) in [5, 5.41) is 11.7. The molecule has 0 unspecified atom stereocenters. The second-order valence-electron chi connectivity index (χ2n) is 10.1. The Morgan fingerprint density at radius 3 is 1.82 bits per heavy atom. The zero-order valence-electron chi connectivity index (χ0n) is 20.4. The first-order valence-corrected chi connectivity index (χ1v) is 12.9. The Morgan fingerprint density at radius 1 is 0.342 bits per heavy atom. The highest BCUT2D eigenvalue weighted by atomic mass is 16.3. The fraction of sp³-hybridized carbons (Fsp3) is 0. The van der Waals surface area contributed by atoms with Gasteiger partial charge in [0.25, 0.3) is 0 Å². The van der Waals surface area contributed by atoms with Gasteiger partial charge in [0.2, 0.25) is 0 Å². The van der Waals surface area contributed by atoms with Crippen molar-refractivity contribution >= 4 is 76.2 Å². The van der Waals surface area contributed by atoms with Gasteiger partial charge in [-0.1, -0.05) is 78.9 Å². The monoisotopic (exact) mass is 484 g/mol. The number of hydrogen-bond acceptors (Lipinski definition) is 2. The molecule has 38 heavy (non-hydrogen) atoms. The molecular formula is C36H20O2. The second kappa shape index (κ2) is 7.24. The van der Waals surface area contributed by atoms with Crippen LogP contribution in [0.3, 0.4) is 0 Å². The van der Waals surface area contributed by atoms with Crippen LogP contribution in [0.1, 0.15) is 0 Å². The van der Waals surface area contributed by atoms with Crippen LogP contribution in [0.25, 0.3) is 87.3 Å². The number of hydrogen-bond donors (Lipinski definition) is 0. The first kappa shape index (κ1) is 20.0. The van der Waals surface area contributed by atoms with Crippen molar-refractivity contribution < 1.29 is 8.83 Å². The summed E-state index contributed by atoms with van der Waals surface area (Å²) in [6.07, 6.45) is 0. The SMILES string of the molecule is c1ccc2c(-c3ccc4oc5cc6ccc7c8ccccc8oc7c6cc5c4c3)c3ccccc3cc2c1. The highest BCUT2D eigenvalue weighted by molar-refractivity contribution is 6.20. The molecule has 9 aromatic rings. The molecule has 176 valence electrons. The van der Waals surface area contributed by atoms with Gasteiger partial charge in [-0.25, -0.2) is 0 Å². The highest BCUT2D eigenvalue weighted by Crippen LogP contribution is 2.41. The maximum atomic E-state index is 6.37. The molecule has 0 amide bonds. The average Bonchev–Trinajstić information content (AvgIpc) is 3.52. The van der Waals surface area contributed by atoms with E-state index < -0.39 is 0 Å². The summed E-state index contributed by atoms with van der Waals surface area (Å²) >= 11 is 0. The lowest BCUT2D eigenvalue weighted by Gasteiger charge is -2.12. The van der Waals surface area contributed by atoms with E-state index in [9.17, 15) is 0 Å². The first-order chi connectivity index (χ1) is 18.8. The highest BCUT2D eigenvalue weighted by Gasteiger charge is 2.16. The number of para-hydroxylation sites is 1. The maximum absolute atomic E-state index is 6.37. The number of furan rings is 2. The fourth-order valence-corrected chi connectivity index (χ4v) is 6.26. The molecule has 0 bridgehead atoms. The zero-order valence-corrected chi connectivity index (χ0v) is 20.4. The fourth-order valence-electron chi connectivity index (χ4n) is 6.26. The van der Waals surface area contributed by atoms with E-state index >= 15 is 0 Å². The van der Waals surface area contributed by atoms with E-state index in [0.29, 0.717) is 0 Å². The first-order valence-electron chi connectivity index (χ1n) is 12.9. The number of rotatable bonds is 1. The summed E-state index contributed by atoms with van der Waals surface area (Å²) in [6.45, 7) is 0. The molecule has 0 saturated heterocycles. The van der Waals surface area contributed by atoms with Gasteiger partial charge in [-0.2, -0.15) is 0 Å². The molecular weight excluding hydrogens is 464 g/mol. The molecule has 0 aliphatic heterocycles. The molecule has 2 heterocycles. The molecule has 2 heteroatoms. The lowest BCUT2D eigenvalue weighted by molar-refractivity contribution is 0.669. The van der Waals surface area contributed by atoms with E-state index in [4.69, 9.17) is 8.83 Å². The van der Waals surface area contributed by atoms with Crippen LogP contribution in [0.2, 0.25) is 0 Å². The lowest BCUT2D eigenvalue weighted by atomic mass is 9.91. The maximum Gasteiger partial charge on any atom is 0.143 e. The van der Waals surface area contributed by atoms with Crippen molar-refractivity contribution in [1.29, 1.82) is 0 Å². The Morgan fingerprint density at radius 2 is 1.00 bits per heavy atom. The Labute approximate surface area is 217 Å². The summed E-state index contributed by atoms with van der Waals surface area (Å²) < 4.78 is 12.7. The van der Waals surface area contributed by atoms with E-state index in [1.54, 1.807) is 0 Å². The summed E-state index contributed by atoms with van der Waals surface area (Å²) in [4.78, 5) is 0. The molecule has 0 N–H and O–H groups in total. The van der Waals surface area contributed by atoms with Gasteiger partial charge in [0.05, 0.1) is 0 Å². The third kappa shape index (κ3) is 2.66. The molecule has 9 rings (SSSR count). The Hall–Kier alpha value is -5.08. The van der Waals surface area contributed by atoms with E-state index in [-0.39, 0.29) is 0 Å². The number of fused-ring (bicyclic) bond motifs is 10. The van der Waals surface area contributed by atoms with E-state index in [2.05, 4.69) is 109 Å². The smallest absolute Gasteiger partial charge is 0.143 e. The number of benzene rings is 7. The van der Waals surface area contributed by atoms with Crippen molar-refractivity contribution in [3.05, 3.63) is 121 Å². The molecule has 0 atom stereocenters. The largest absolute Gasteiger partial charge is 0.456 e. The van der Waals surface area contributed by atoms with Crippen LogP contribution in [0, 0.1) is 0 Å². The predicted molar refractivity (Wildman–Crippen MR) is 159 cm³/mol. The average molecular weight is 485 g/mol. The quantitative estimate of drug-likeness (QED) is 0.217. The Balaban J connectivity index is 1.37. The van der Waals surface area contributed by atoms with Crippen molar-refractivity contribution in [2.24, 2.45) is 0 Å². The van der Waals surface area contributed by atoms with Crippen molar-refractivity contribution in [3.8, 4) is 11.1 Å². The van der Waals surface area contributed by atoms with Gasteiger partial charge in [0.1, 0.15) is 22.3 Å². The molecule has 7 aromatic carbocycles. The van der Waals surface area contributed by atoms with Crippen LogP contribution < -0.4 is 0 Å². The van der Waals surface area contributed by atoms with E-state index in [1.165, 1.54) is 32.7 Å². The summed E-state index contributed by atoms with van der Waals surface area (Å²) in [6, 6.07) is 43.1. The lowest BCUT2D eigenvalue weighted by Crippen LogP contribution is -1.85. The third-order valence-electron chi connectivity index (χ3n) is 8.01. The van der Waals surface area contributed by atoms with Crippen LogP contribution in [0.5, 0.6) is 0 Å². The molecule has 2 nitrogen and oxygen atoms in total. The molecule has 0 saturated carbocycles. The van der Waals surface area contributed by atoms with Crippen LogP contribution in [0.15, 0.2) is 130 Å². The summed E-state index contributed by atoms with van der Waals surface area (Å²) in [5.41, 5.74) is 6.08. The minimum absolute atomic E-state index is 0.892. The van der Waals surface area contributed by atoms with Crippen molar-refractivity contribution in [2.75, 3.05) is 0 Å². The second-order valence-corrected chi connectivity index (χ2v) is 10.1. The molecule has 0 radical (unpaired) electrons. The topological polar surface area (TPSA) is 26.3 Å². The van der Waals surface area contributed by atoms with E-state index in [1.807, 2.05) is 12.1 Å². The Bertz CT molecular complexity index is 2350. The third-order valence-corrected chi connectivity index (χ3v) is 8.01. The predicted octanol–water partition coefficient (Wildman–Crippen LogP) is 10.6. The molecule has 0 fully saturated rings. The molecule has 0 aliphatic carbocycles. The summed E-state index contributed by atoms with van der Waals surface area (Å²) in [5.74, 6) is 0. The van der Waals surface area contributed by atoms with Crippen LogP contribution in [0.4, 0.5) is 0 Å². The standard InChI is InChI=1S/C36H20O2/c1-3-9-25-21(7-1)17-22-8-2-4-10-26(22)35(25)24-14-16-33-30(18-24)31-20-29-23(19-34(31)37-33)13-15-28-27-11-5-6-12-32(27)38-36(28)29/h1-20H. The van der Waals surface area contributed by atoms with Gasteiger partial charge < -0.3 is 8.83 Å². The van der Waals surface area contributed by atoms with Crippen molar-refractivity contribution in [3.63, 3.8) is 0 Å². The van der Waals surface area contributed by atoms with Gasteiger partial charge in [-0.15, -0.1) is 0 Å². The normalized spacial score (nSPS) is 12.2. The zero-order chi connectivity index (χ0) is 24.8. The molecule has 0 aliphatic rings. The Kier molecular flexibility index (Phi) is 3.82. The molecule has 0 spiro atoms. The van der Waals surface area contributed by atoms with Crippen molar-refractivity contribution in [2.45, 2.75) is 0 Å². The van der Waals surface area contributed by atoms with Gasteiger partial charge in [-0.05, 0) is 80.5 Å². The van der Waals surface area contributed by atoms with Gasteiger partial charge in [-0.3, -0.25) is 0 Å². The van der Waals surface area contributed by atoms with Gasteiger partial charge in [0, 0.05) is 26.9 Å². The molecule has 2 aromatic heterocycles. The van der Waals surface area contributed by atoms with Crippen LogP contribution in [-0.4, -0.2) is 0 Å². The van der Waals surface area contributed by atoms with Crippen molar-refractivity contribution in [1.82, 2.24) is 0 Å².